The number of sulfone groups is 1. The van der Waals surface area contributed by atoms with Crippen molar-refractivity contribution in [1.29, 1.82) is 5.26 Å². The zero-order valence-electron chi connectivity index (χ0n) is 15.8. The fraction of sp³-hybridized carbons (Fsp3) is 0.333. The van der Waals surface area contributed by atoms with Crippen LogP contribution in [0.2, 0.25) is 0 Å². The van der Waals surface area contributed by atoms with Crippen LogP contribution in [0.25, 0.3) is 0 Å². The molecule has 2 N–H and O–H groups in total. The van der Waals surface area contributed by atoms with Crippen molar-refractivity contribution < 1.29 is 18.0 Å². The van der Waals surface area contributed by atoms with E-state index in [0.717, 1.165) is 12.0 Å². The van der Waals surface area contributed by atoms with Crippen LogP contribution < -0.4 is 10.6 Å². The molecule has 0 saturated heterocycles. The first-order valence-electron chi connectivity index (χ1n) is 8.51. The van der Waals surface area contributed by atoms with Crippen LogP contribution in [0, 0.1) is 11.3 Å². The summed E-state index contributed by atoms with van der Waals surface area (Å²) in [6, 6.07) is 8.90. The lowest BCUT2D eigenvalue weighted by atomic mass is 10.1. The number of anilines is 2. The van der Waals surface area contributed by atoms with Crippen molar-refractivity contribution in [2.24, 2.45) is 7.05 Å². The zero-order chi connectivity index (χ0) is 20.9. The maximum atomic E-state index is 12.4. The standard InChI is InChI=1S/C18H21N5O4S/c1-4-13-5-7-15(8-6-13)21-16(24)11-28(26,27)12(2)18(25)22-17-14(9-19)10-20-23(17)3/h5-8,10,12H,4,11H2,1-3H3,(H,21,24)(H,22,25). The number of carbonyl (C=O) groups is 2. The predicted octanol–water partition coefficient (Wildman–Crippen LogP) is 1.23. The Morgan fingerprint density at radius 3 is 2.46 bits per heavy atom. The minimum atomic E-state index is -4.06. The maximum absolute atomic E-state index is 12.4. The average molecular weight is 403 g/mol. The highest BCUT2D eigenvalue weighted by Crippen LogP contribution is 2.15. The third-order valence-corrected chi connectivity index (χ3v) is 6.14. The molecule has 9 nitrogen and oxygen atoms in total. The fourth-order valence-corrected chi connectivity index (χ4v) is 3.45. The number of nitriles is 1. The van der Waals surface area contributed by atoms with Crippen molar-refractivity contribution in [3.63, 3.8) is 0 Å². The van der Waals surface area contributed by atoms with Crippen molar-refractivity contribution in [3.05, 3.63) is 41.6 Å². The topological polar surface area (TPSA) is 134 Å². The molecule has 0 aliphatic carbocycles. The van der Waals surface area contributed by atoms with Crippen molar-refractivity contribution in [2.75, 3.05) is 16.4 Å². The van der Waals surface area contributed by atoms with Crippen molar-refractivity contribution in [3.8, 4) is 6.07 Å². The quantitative estimate of drug-likeness (QED) is 0.714. The van der Waals surface area contributed by atoms with Crippen LogP contribution in [0.4, 0.5) is 11.5 Å². The smallest absolute Gasteiger partial charge is 0.243 e. The second-order valence-electron chi connectivity index (χ2n) is 6.18. The van der Waals surface area contributed by atoms with Crippen LogP contribution in [0.5, 0.6) is 0 Å². The lowest BCUT2D eigenvalue weighted by molar-refractivity contribution is -0.115. The maximum Gasteiger partial charge on any atom is 0.243 e. The van der Waals surface area contributed by atoms with Crippen LogP contribution in [0.1, 0.15) is 25.0 Å². The molecule has 148 valence electrons. The van der Waals surface area contributed by atoms with E-state index in [-0.39, 0.29) is 11.4 Å². The van der Waals surface area contributed by atoms with E-state index < -0.39 is 32.7 Å². The third-order valence-electron chi connectivity index (χ3n) is 4.19. The first-order valence-corrected chi connectivity index (χ1v) is 10.2. The van der Waals surface area contributed by atoms with E-state index in [0.29, 0.717) is 5.69 Å². The SMILES string of the molecule is CCc1ccc(NC(=O)CS(=O)(=O)C(C)C(=O)Nc2c(C#N)cnn2C)cc1. The predicted molar refractivity (Wildman–Crippen MR) is 104 cm³/mol. The van der Waals surface area contributed by atoms with Gasteiger partial charge in [0.15, 0.2) is 9.84 Å². The number of nitrogens with one attached hydrogen (secondary N) is 2. The molecule has 0 bridgehead atoms. The second kappa shape index (κ2) is 8.67. The second-order valence-corrected chi connectivity index (χ2v) is 8.50. The normalized spacial score (nSPS) is 12.1. The average Bonchev–Trinajstić information content (AvgIpc) is 3.00. The Labute approximate surface area is 163 Å². The number of hydrogen-bond donors (Lipinski definition) is 2. The molecule has 1 heterocycles. The summed E-state index contributed by atoms with van der Waals surface area (Å²) in [6.45, 7) is 3.19. The van der Waals surface area contributed by atoms with Crippen molar-refractivity contribution in [2.45, 2.75) is 25.5 Å². The summed E-state index contributed by atoms with van der Waals surface area (Å²) in [5.74, 6) is -2.33. The summed E-state index contributed by atoms with van der Waals surface area (Å²) < 4.78 is 26.1. The molecule has 1 atom stereocenters. The molecule has 1 aromatic carbocycles. The van der Waals surface area contributed by atoms with Gasteiger partial charge in [-0.25, -0.2) is 8.42 Å². The van der Waals surface area contributed by atoms with Crippen LogP contribution in [0.3, 0.4) is 0 Å². The fourth-order valence-electron chi connectivity index (χ4n) is 2.38. The molecule has 2 amide bonds. The molecule has 0 saturated carbocycles. The van der Waals surface area contributed by atoms with E-state index in [1.54, 1.807) is 12.1 Å². The molecule has 0 aliphatic heterocycles. The summed E-state index contributed by atoms with van der Waals surface area (Å²) in [5.41, 5.74) is 1.67. The Morgan fingerprint density at radius 1 is 1.25 bits per heavy atom. The molecule has 28 heavy (non-hydrogen) atoms. The van der Waals surface area contributed by atoms with Gasteiger partial charge in [-0.1, -0.05) is 19.1 Å². The van der Waals surface area contributed by atoms with Gasteiger partial charge >= 0.3 is 0 Å². The molecule has 1 aromatic heterocycles. The van der Waals surface area contributed by atoms with E-state index in [9.17, 15) is 18.0 Å². The highest BCUT2D eigenvalue weighted by molar-refractivity contribution is 7.93. The molecule has 1 unspecified atom stereocenters. The number of aryl methyl sites for hydroxylation is 2. The highest BCUT2D eigenvalue weighted by atomic mass is 32.2. The number of benzene rings is 1. The van der Waals surface area contributed by atoms with Gasteiger partial charge in [0.1, 0.15) is 28.5 Å². The van der Waals surface area contributed by atoms with E-state index in [1.807, 2.05) is 25.1 Å². The molecule has 2 rings (SSSR count). The number of hydrogen-bond acceptors (Lipinski definition) is 6. The molecular formula is C18H21N5O4S. The minimum absolute atomic E-state index is 0.0926. The Balaban J connectivity index is 2.03. The number of carbonyl (C=O) groups excluding carboxylic acids is 2. The molecular weight excluding hydrogens is 382 g/mol. The van der Waals surface area contributed by atoms with Gasteiger partial charge < -0.3 is 10.6 Å². The van der Waals surface area contributed by atoms with Crippen LogP contribution in [-0.4, -0.2) is 41.0 Å². The van der Waals surface area contributed by atoms with Gasteiger partial charge in [0.05, 0.1) is 6.20 Å². The Kier molecular flexibility index (Phi) is 6.53. The lowest BCUT2D eigenvalue weighted by Gasteiger charge is -2.14. The minimum Gasteiger partial charge on any atom is -0.325 e. The van der Waals surface area contributed by atoms with Crippen molar-refractivity contribution >= 4 is 33.2 Å². The monoisotopic (exact) mass is 403 g/mol. The van der Waals surface area contributed by atoms with E-state index in [1.165, 1.54) is 24.9 Å². The largest absolute Gasteiger partial charge is 0.325 e. The first-order chi connectivity index (χ1) is 13.2. The Bertz CT molecular complexity index is 1020. The molecule has 0 radical (unpaired) electrons. The molecule has 10 heteroatoms. The molecule has 0 spiro atoms. The lowest BCUT2D eigenvalue weighted by Crippen LogP contribution is -2.37. The molecule has 0 aliphatic rings. The van der Waals surface area contributed by atoms with Gasteiger partial charge in [-0.3, -0.25) is 14.3 Å². The number of aromatic nitrogens is 2. The number of amides is 2. The highest BCUT2D eigenvalue weighted by Gasteiger charge is 2.31. The Morgan fingerprint density at radius 2 is 1.89 bits per heavy atom. The number of nitrogens with zero attached hydrogens (tertiary/aromatic N) is 3. The van der Waals surface area contributed by atoms with Gasteiger partial charge in [0.25, 0.3) is 0 Å². The summed E-state index contributed by atoms with van der Waals surface area (Å²) in [6.07, 6.45) is 2.10. The van der Waals surface area contributed by atoms with Gasteiger partial charge in [-0.2, -0.15) is 10.4 Å². The first kappa shape index (κ1) is 21.1. The van der Waals surface area contributed by atoms with E-state index in [4.69, 9.17) is 5.26 Å². The molecule has 2 aromatic rings. The van der Waals surface area contributed by atoms with Gasteiger partial charge in [0, 0.05) is 12.7 Å². The van der Waals surface area contributed by atoms with E-state index >= 15 is 0 Å². The Hall–Kier alpha value is -3.19. The van der Waals surface area contributed by atoms with Crippen LogP contribution in [0.15, 0.2) is 30.5 Å². The van der Waals surface area contributed by atoms with Gasteiger partial charge in [0.2, 0.25) is 11.8 Å². The van der Waals surface area contributed by atoms with Gasteiger partial charge in [-0.05, 0) is 31.0 Å². The summed E-state index contributed by atoms with van der Waals surface area (Å²) in [7, 11) is -2.56. The summed E-state index contributed by atoms with van der Waals surface area (Å²) >= 11 is 0. The van der Waals surface area contributed by atoms with Crippen LogP contribution in [-0.2, 0) is 32.9 Å². The molecule has 0 fully saturated rings. The number of rotatable bonds is 7. The van der Waals surface area contributed by atoms with Crippen LogP contribution >= 0.6 is 0 Å². The van der Waals surface area contributed by atoms with Gasteiger partial charge in [-0.15, -0.1) is 0 Å². The van der Waals surface area contributed by atoms with E-state index in [2.05, 4.69) is 15.7 Å². The van der Waals surface area contributed by atoms with Crippen molar-refractivity contribution in [1.82, 2.24) is 9.78 Å². The zero-order valence-corrected chi connectivity index (χ0v) is 16.6. The third kappa shape index (κ3) is 4.95. The summed E-state index contributed by atoms with van der Waals surface area (Å²) in [4.78, 5) is 24.4. The summed E-state index contributed by atoms with van der Waals surface area (Å²) in [5, 5.41) is 16.2.